The summed E-state index contributed by atoms with van der Waals surface area (Å²) in [5.74, 6) is 0.413. The maximum atomic E-state index is 15.4. The normalized spacial score (nSPS) is 26.1. The molecule has 14 heteroatoms. The summed E-state index contributed by atoms with van der Waals surface area (Å²) in [7, 11) is 0. The molecule has 2 amide bonds. The van der Waals surface area contributed by atoms with Crippen LogP contribution in [0.1, 0.15) is 125 Å². The first-order chi connectivity index (χ1) is 34.4. The number of rotatable bonds is 22. The van der Waals surface area contributed by atoms with E-state index >= 15 is 4.79 Å². The summed E-state index contributed by atoms with van der Waals surface area (Å²) in [6.07, 6.45) is 16.0. The summed E-state index contributed by atoms with van der Waals surface area (Å²) in [4.78, 5) is 37.2. The molecule has 14 nitrogen and oxygen atoms in total. The fraction of sp³-hybridized carbons (Fsp3) is 0.554. The highest BCUT2D eigenvalue weighted by atomic mass is 16.8. The Morgan fingerprint density at radius 3 is 2.44 bits per heavy atom. The molecule has 3 N–H and O–H groups in total. The number of carbonyl (C=O) groups is 2. The van der Waals surface area contributed by atoms with Crippen LogP contribution in [0.4, 0.5) is 4.79 Å². The number of unbranched alkanes of at least 4 members (excludes halogenated alkanes) is 2. The highest BCUT2D eigenvalue weighted by Crippen LogP contribution is 2.62. The van der Waals surface area contributed by atoms with Gasteiger partial charge < -0.3 is 53.7 Å². The van der Waals surface area contributed by atoms with Gasteiger partial charge in [-0.15, -0.1) is 6.58 Å². The standard InChI is InChI=1S/C56H71N3O11/c1-2-29-67-56-50(59(51(62)26-22-38-14-6-7-15-38)36-40-21-24-48-49(31-40)66-37-65-48)34-46(58-70-52-20-10-13-30-64-52)44-32-41(18-8-11-27-60)43(19-9-12-28-61)53(54(44)56)45-33-42(23-25-47(45)69-56)68-55(63)57-35-39-16-4-3-5-17-39/h2-5,16-17,21,23-25,31-33,38,41,43,50,52-54,60-61H,1,6-15,18-20,22,26-30,34-37H2,(H,57,63). The van der Waals surface area contributed by atoms with Crippen LogP contribution in [0.15, 0.2) is 96.2 Å². The Morgan fingerprint density at radius 1 is 0.871 bits per heavy atom. The van der Waals surface area contributed by atoms with E-state index in [1.54, 1.807) is 12.1 Å². The number of carbonyl (C=O) groups excluding carboxylic acids is 2. The van der Waals surface area contributed by atoms with Gasteiger partial charge in [-0.3, -0.25) is 4.79 Å². The van der Waals surface area contributed by atoms with E-state index in [1.165, 1.54) is 12.8 Å². The molecule has 3 aliphatic heterocycles. The first-order valence-corrected chi connectivity index (χ1v) is 25.9. The van der Waals surface area contributed by atoms with Crippen molar-refractivity contribution in [2.45, 2.75) is 140 Å². The third-order valence-corrected chi connectivity index (χ3v) is 15.3. The van der Waals surface area contributed by atoms with Crippen molar-refractivity contribution in [3.63, 3.8) is 0 Å². The van der Waals surface area contributed by atoms with E-state index in [-0.39, 0.29) is 63.2 Å². The van der Waals surface area contributed by atoms with Gasteiger partial charge in [0.2, 0.25) is 24.8 Å². The molecule has 2 saturated carbocycles. The molecule has 376 valence electrons. The van der Waals surface area contributed by atoms with Gasteiger partial charge in [-0.05, 0) is 110 Å². The highest BCUT2D eigenvalue weighted by molar-refractivity contribution is 6.03. The van der Waals surface area contributed by atoms with Gasteiger partial charge in [0, 0.05) is 57.0 Å². The Morgan fingerprint density at radius 2 is 1.66 bits per heavy atom. The molecule has 6 aliphatic rings. The fourth-order valence-corrected chi connectivity index (χ4v) is 11.9. The second kappa shape index (κ2) is 23.7. The van der Waals surface area contributed by atoms with E-state index < -0.39 is 30.1 Å². The van der Waals surface area contributed by atoms with E-state index in [0.717, 1.165) is 80.1 Å². The summed E-state index contributed by atoms with van der Waals surface area (Å²) in [6.45, 7) is 5.65. The van der Waals surface area contributed by atoms with Crippen molar-refractivity contribution < 1.29 is 53.1 Å². The molecule has 0 bridgehead atoms. The van der Waals surface area contributed by atoms with Crippen LogP contribution in [0.3, 0.4) is 0 Å². The van der Waals surface area contributed by atoms with Crippen molar-refractivity contribution >= 4 is 17.7 Å². The third-order valence-electron chi connectivity index (χ3n) is 15.3. The van der Waals surface area contributed by atoms with Crippen LogP contribution in [0.5, 0.6) is 23.0 Å². The summed E-state index contributed by atoms with van der Waals surface area (Å²) in [6, 6.07) is 20.3. The highest BCUT2D eigenvalue weighted by Gasteiger charge is 2.65. The molecule has 7 unspecified atom stereocenters. The minimum absolute atomic E-state index is 0.00662. The van der Waals surface area contributed by atoms with E-state index in [9.17, 15) is 15.0 Å². The molecule has 3 aliphatic carbocycles. The van der Waals surface area contributed by atoms with Gasteiger partial charge >= 0.3 is 6.09 Å². The number of hydrogen-bond donors (Lipinski definition) is 3. The van der Waals surface area contributed by atoms with Gasteiger partial charge in [-0.25, -0.2) is 4.79 Å². The van der Waals surface area contributed by atoms with Gasteiger partial charge in [0.25, 0.3) is 0 Å². The Bertz CT molecular complexity index is 2310. The van der Waals surface area contributed by atoms with Crippen molar-refractivity contribution in [3.05, 3.63) is 108 Å². The number of fused-ring (bicyclic) bond motifs is 3. The Balaban J connectivity index is 1.19. The lowest BCUT2D eigenvalue weighted by molar-refractivity contribution is -0.258. The predicted molar refractivity (Wildman–Crippen MR) is 263 cm³/mol. The number of oxime groups is 1. The van der Waals surface area contributed by atoms with E-state index in [1.807, 2.05) is 65.6 Å². The molecule has 0 aromatic heterocycles. The number of benzene rings is 3. The van der Waals surface area contributed by atoms with Crippen LogP contribution in [0.2, 0.25) is 0 Å². The molecule has 7 atom stereocenters. The first kappa shape index (κ1) is 49.6. The Hall–Kier alpha value is -5.41. The van der Waals surface area contributed by atoms with Gasteiger partial charge in [0.05, 0.1) is 24.8 Å². The zero-order chi connectivity index (χ0) is 48.3. The zero-order valence-electron chi connectivity index (χ0n) is 40.5. The van der Waals surface area contributed by atoms with Crippen LogP contribution < -0.4 is 24.3 Å². The molecular weight excluding hydrogens is 891 g/mol. The monoisotopic (exact) mass is 962 g/mol. The molecule has 0 spiro atoms. The van der Waals surface area contributed by atoms with Gasteiger partial charge in [-0.2, -0.15) is 0 Å². The van der Waals surface area contributed by atoms with Gasteiger partial charge in [0.1, 0.15) is 17.5 Å². The number of nitrogens with zero attached hydrogens (tertiary/aromatic N) is 2. The smallest absolute Gasteiger partial charge is 0.412 e. The Kier molecular flexibility index (Phi) is 16.8. The van der Waals surface area contributed by atoms with Crippen molar-refractivity contribution in [1.82, 2.24) is 10.2 Å². The predicted octanol–water partition coefficient (Wildman–Crippen LogP) is 9.86. The van der Waals surface area contributed by atoms with Crippen LogP contribution in [-0.2, 0) is 32.2 Å². The lowest BCUT2D eigenvalue weighted by Crippen LogP contribution is -2.70. The molecule has 0 radical (unpaired) electrons. The summed E-state index contributed by atoms with van der Waals surface area (Å²) < 4.78 is 38.4. The summed E-state index contributed by atoms with van der Waals surface area (Å²) in [5, 5.41) is 28.1. The first-order valence-electron chi connectivity index (χ1n) is 25.9. The number of allylic oxidation sites excluding steroid dienone is 1. The molecule has 1 saturated heterocycles. The van der Waals surface area contributed by atoms with Crippen LogP contribution in [-0.4, -0.2) is 84.2 Å². The van der Waals surface area contributed by atoms with Crippen molar-refractivity contribution in [2.24, 2.45) is 28.8 Å². The number of nitrogens with one attached hydrogen (secondary N) is 1. The van der Waals surface area contributed by atoms with Crippen LogP contribution in [0, 0.1) is 23.7 Å². The van der Waals surface area contributed by atoms with E-state index in [4.69, 9.17) is 38.4 Å². The maximum absolute atomic E-state index is 15.4. The van der Waals surface area contributed by atoms with E-state index in [0.29, 0.717) is 73.5 Å². The van der Waals surface area contributed by atoms with E-state index in [2.05, 4.69) is 18.0 Å². The minimum atomic E-state index is -1.46. The van der Waals surface area contributed by atoms with Gasteiger partial charge in [-0.1, -0.05) is 92.2 Å². The van der Waals surface area contributed by atoms with Crippen molar-refractivity contribution in [2.75, 3.05) is 33.2 Å². The molecule has 3 fully saturated rings. The molecule has 9 rings (SSSR count). The van der Waals surface area contributed by atoms with Crippen molar-refractivity contribution in [3.8, 4) is 23.0 Å². The largest absolute Gasteiger partial charge is 0.459 e. The minimum Gasteiger partial charge on any atom is -0.459 e. The zero-order valence-corrected chi connectivity index (χ0v) is 40.5. The SMILES string of the molecule is C=CCOC12Oc3ccc(OC(=O)NCc4ccccc4)cc3C3C(CCCCO)C(CCCCO)C=C(C(=NOC4CCCCO4)CC1N(Cc1ccc4c(c1)OCO4)C(=O)CCC1CCCC1)C32. The quantitative estimate of drug-likeness (QED) is 0.0498. The fourth-order valence-electron chi connectivity index (χ4n) is 11.9. The second-order valence-corrected chi connectivity index (χ2v) is 19.8. The van der Waals surface area contributed by atoms with Gasteiger partial charge in [0.15, 0.2) is 11.5 Å². The average molecular weight is 962 g/mol. The Labute approximate surface area is 412 Å². The lowest BCUT2D eigenvalue weighted by Gasteiger charge is -2.60. The van der Waals surface area contributed by atoms with Crippen molar-refractivity contribution in [1.29, 1.82) is 0 Å². The lowest BCUT2D eigenvalue weighted by atomic mass is 9.55. The van der Waals surface area contributed by atoms with Crippen LogP contribution >= 0.6 is 0 Å². The third kappa shape index (κ3) is 11.4. The number of aliphatic hydroxyl groups excluding tert-OH is 2. The summed E-state index contributed by atoms with van der Waals surface area (Å²) in [5.41, 5.74) is 4.30. The number of amides is 2. The number of ether oxygens (including phenoxy) is 6. The second-order valence-electron chi connectivity index (χ2n) is 19.8. The molecule has 3 aromatic rings. The molecule has 3 aromatic carbocycles. The molecule has 70 heavy (non-hydrogen) atoms. The van der Waals surface area contributed by atoms with Crippen LogP contribution in [0.25, 0.3) is 0 Å². The number of aliphatic hydroxyl groups is 2. The molecule has 3 heterocycles. The maximum Gasteiger partial charge on any atom is 0.412 e. The average Bonchev–Trinajstić information content (AvgIpc) is 4.10. The summed E-state index contributed by atoms with van der Waals surface area (Å²) >= 11 is 0. The topological polar surface area (TPSA) is 167 Å². The molecular formula is C56H71N3O11. The number of hydrogen-bond acceptors (Lipinski definition) is 12.